The molecule has 0 saturated carbocycles. The van der Waals surface area contributed by atoms with Crippen molar-refractivity contribution in [1.82, 2.24) is 0 Å². The summed E-state index contributed by atoms with van der Waals surface area (Å²) < 4.78 is 16.3. The maximum atomic E-state index is 12.8. The van der Waals surface area contributed by atoms with Gasteiger partial charge in [0.1, 0.15) is 17.5 Å². The number of hydrogen-bond donors (Lipinski definition) is 0. The van der Waals surface area contributed by atoms with Crippen LogP contribution in [0, 0.1) is 0 Å². The number of amides is 1. The summed E-state index contributed by atoms with van der Waals surface area (Å²) in [5.74, 6) is 1.33. The van der Waals surface area contributed by atoms with Crippen molar-refractivity contribution in [2.45, 2.75) is 12.1 Å². The first-order chi connectivity index (χ1) is 12.3. The second-order valence-corrected chi connectivity index (χ2v) is 5.76. The van der Waals surface area contributed by atoms with Gasteiger partial charge in [0.25, 0.3) is 5.91 Å². The number of nitrogens with zero attached hydrogens (tertiary/aromatic N) is 1. The predicted octanol–water partition coefficient (Wildman–Crippen LogP) is 3.82. The molecule has 126 valence electrons. The highest BCUT2D eigenvalue weighted by Gasteiger charge is 2.51. The van der Waals surface area contributed by atoms with Gasteiger partial charge in [0.2, 0.25) is 6.10 Å². The van der Waals surface area contributed by atoms with Gasteiger partial charge in [-0.25, -0.2) is 0 Å². The molecule has 2 aromatic carbocycles. The van der Waals surface area contributed by atoms with Crippen LogP contribution in [0.15, 0.2) is 77.6 Å². The fourth-order valence-electron chi connectivity index (χ4n) is 3.02. The van der Waals surface area contributed by atoms with E-state index in [9.17, 15) is 4.79 Å². The number of β-lactam (4-membered cyclic amide) rings is 1. The fourth-order valence-corrected chi connectivity index (χ4v) is 3.02. The zero-order valence-electron chi connectivity index (χ0n) is 13.7. The quantitative estimate of drug-likeness (QED) is 0.665. The number of hydrogen-bond acceptors (Lipinski definition) is 4. The molecule has 1 aliphatic heterocycles. The summed E-state index contributed by atoms with van der Waals surface area (Å²) in [7, 11) is 1.61. The number of ether oxygens (including phenoxy) is 2. The van der Waals surface area contributed by atoms with Gasteiger partial charge in [-0.15, -0.1) is 0 Å². The van der Waals surface area contributed by atoms with E-state index in [0.29, 0.717) is 5.75 Å². The average molecular weight is 335 g/mol. The van der Waals surface area contributed by atoms with Gasteiger partial charge in [-0.2, -0.15) is 0 Å². The van der Waals surface area contributed by atoms with E-state index < -0.39 is 6.10 Å². The van der Waals surface area contributed by atoms with Crippen molar-refractivity contribution in [3.63, 3.8) is 0 Å². The van der Waals surface area contributed by atoms with Gasteiger partial charge in [-0.3, -0.25) is 9.69 Å². The third-order valence-electron chi connectivity index (χ3n) is 4.29. The number of rotatable bonds is 5. The van der Waals surface area contributed by atoms with Crippen molar-refractivity contribution >= 4 is 11.6 Å². The Bertz CT molecular complexity index is 843. The summed E-state index contributed by atoms with van der Waals surface area (Å²) in [5, 5.41) is 0. The molecule has 5 nitrogen and oxygen atoms in total. The molecule has 25 heavy (non-hydrogen) atoms. The van der Waals surface area contributed by atoms with Gasteiger partial charge in [0.05, 0.1) is 19.6 Å². The smallest absolute Gasteiger partial charge is 0.271 e. The largest absolute Gasteiger partial charge is 0.497 e. The number of carbonyl (C=O) groups is 1. The molecule has 0 radical (unpaired) electrons. The SMILES string of the molecule is COc1ccc(N2C(=O)[C@H](Oc3ccccc3)[C@@H]2c2ccoc2)cc1. The molecule has 1 saturated heterocycles. The normalized spacial score (nSPS) is 19.4. The maximum absolute atomic E-state index is 12.8. The topological polar surface area (TPSA) is 51.9 Å². The molecule has 1 aliphatic rings. The Balaban J connectivity index is 1.64. The Kier molecular flexibility index (Phi) is 3.90. The van der Waals surface area contributed by atoms with Gasteiger partial charge in [-0.1, -0.05) is 18.2 Å². The van der Waals surface area contributed by atoms with Crippen molar-refractivity contribution in [2.75, 3.05) is 12.0 Å². The molecule has 2 atom stereocenters. The van der Waals surface area contributed by atoms with Gasteiger partial charge >= 0.3 is 0 Å². The minimum atomic E-state index is -0.581. The van der Waals surface area contributed by atoms with E-state index in [1.165, 1.54) is 0 Å². The molecule has 0 bridgehead atoms. The van der Waals surface area contributed by atoms with Crippen LogP contribution in [-0.2, 0) is 4.79 Å². The minimum Gasteiger partial charge on any atom is -0.497 e. The highest BCUT2D eigenvalue weighted by atomic mass is 16.5. The first-order valence-electron chi connectivity index (χ1n) is 7.99. The Hall–Kier alpha value is -3.21. The first kappa shape index (κ1) is 15.3. The van der Waals surface area contributed by atoms with Gasteiger partial charge in [0.15, 0.2) is 0 Å². The molecule has 0 aliphatic carbocycles. The lowest BCUT2D eigenvalue weighted by Gasteiger charge is -2.46. The van der Waals surface area contributed by atoms with Crippen molar-refractivity contribution in [1.29, 1.82) is 0 Å². The van der Waals surface area contributed by atoms with Crippen molar-refractivity contribution in [2.24, 2.45) is 0 Å². The Labute approximate surface area is 145 Å². The molecular weight excluding hydrogens is 318 g/mol. The zero-order valence-corrected chi connectivity index (χ0v) is 13.7. The number of carbonyl (C=O) groups excluding carboxylic acids is 1. The number of methoxy groups -OCH3 is 1. The lowest BCUT2D eigenvalue weighted by Crippen LogP contribution is -2.61. The summed E-state index contributed by atoms with van der Waals surface area (Å²) in [5.41, 5.74) is 1.70. The van der Waals surface area contributed by atoms with Crippen LogP contribution in [0.1, 0.15) is 11.6 Å². The summed E-state index contributed by atoms with van der Waals surface area (Å²) >= 11 is 0. The number of furan rings is 1. The third kappa shape index (κ3) is 2.74. The standard InChI is InChI=1S/C20H17NO4/c1-23-16-9-7-15(8-10-16)21-18(14-11-12-24-13-14)19(20(21)22)25-17-5-3-2-4-6-17/h2-13,18-19H,1H3/t18-,19+/m0/s1. The molecule has 1 aromatic heterocycles. The van der Waals surface area contributed by atoms with Crippen LogP contribution in [0.2, 0.25) is 0 Å². The minimum absolute atomic E-state index is 0.0831. The monoisotopic (exact) mass is 335 g/mol. The molecule has 5 heteroatoms. The molecule has 2 heterocycles. The molecule has 0 N–H and O–H groups in total. The molecule has 4 rings (SSSR count). The summed E-state index contributed by atoms with van der Waals surface area (Å²) in [4.78, 5) is 14.5. The first-order valence-corrected chi connectivity index (χ1v) is 7.99. The second-order valence-electron chi connectivity index (χ2n) is 5.76. The van der Waals surface area contributed by atoms with Crippen molar-refractivity contribution in [3.8, 4) is 11.5 Å². The van der Waals surface area contributed by atoms with E-state index in [1.54, 1.807) is 24.5 Å². The number of para-hydroxylation sites is 1. The maximum Gasteiger partial charge on any atom is 0.271 e. The van der Waals surface area contributed by atoms with Crippen LogP contribution < -0.4 is 14.4 Å². The molecule has 1 fully saturated rings. The van der Waals surface area contributed by atoms with E-state index in [-0.39, 0.29) is 11.9 Å². The van der Waals surface area contributed by atoms with Gasteiger partial charge in [0, 0.05) is 11.3 Å². The van der Waals surface area contributed by atoms with Gasteiger partial charge in [-0.05, 0) is 42.5 Å². The Morgan fingerprint density at radius 1 is 0.960 bits per heavy atom. The highest BCUT2D eigenvalue weighted by molar-refractivity contribution is 6.05. The molecule has 1 amide bonds. The number of benzene rings is 2. The van der Waals surface area contributed by atoms with Crippen LogP contribution in [0.3, 0.4) is 0 Å². The average Bonchev–Trinajstić information content (AvgIpc) is 3.19. The summed E-state index contributed by atoms with van der Waals surface area (Å²) in [6.07, 6.45) is 2.67. The van der Waals surface area contributed by atoms with Crippen molar-refractivity contribution in [3.05, 3.63) is 78.8 Å². The second kappa shape index (κ2) is 6.36. The third-order valence-corrected chi connectivity index (χ3v) is 4.29. The lowest BCUT2D eigenvalue weighted by molar-refractivity contribution is -0.135. The number of anilines is 1. The van der Waals surface area contributed by atoms with Crippen LogP contribution in [0.5, 0.6) is 11.5 Å². The summed E-state index contributed by atoms with van der Waals surface area (Å²) in [6.45, 7) is 0. The van der Waals surface area contributed by atoms with Gasteiger partial charge < -0.3 is 13.9 Å². The highest BCUT2D eigenvalue weighted by Crippen LogP contribution is 2.41. The zero-order chi connectivity index (χ0) is 17.2. The molecule has 0 unspecified atom stereocenters. The molecule has 3 aromatic rings. The van der Waals surface area contributed by atoms with E-state index in [2.05, 4.69) is 0 Å². The fraction of sp³-hybridized carbons (Fsp3) is 0.150. The van der Waals surface area contributed by atoms with E-state index in [1.807, 2.05) is 60.7 Å². The molecule has 0 spiro atoms. The van der Waals surface area contributed by atoms with E-state index in [4.69, 9.17) is 13.9 Å². The van der Waals surface area contributed by atoms with Crippen molar-refractivity contribution < 1.29 is 18.7 Å². The van der Waals surface area contributed by atoms with Crippen LogP contribution >= 0.6 is 0 Å². The predicted molar refractivity (Wildman–Crippen MR) is 92.8 cm³/mol. The van der Waals surface area contributed by atoms with E-state index >= 15 is 0 Å². The van der Waals surface area contributed by atoms with Crippen LogP contribution in [0.25, 0.3) is 0 Å². The van der Waals surface area contributed by atoms with Crippen LogP contribution in [0.4, 0.5) is 5.69 Å². The molecular formula is C20H17NO4. The summed E-state index contributed by atoms with van der Waals surface area (Å²) in [6, 6.07) is 18.4. The Morgan fingerprint density at radius 3 is 2.36 bits per heavy atom. The Morgan fingerprint density at radius 2 is 1.72 bits per heavy atom. The van der Waals surface area contributed by atoms with Crippen LogP contribution in [-0.4, -0.2) is 19.1 Å². The van der Waals surface area contributed by atoms with E-state index in [0.717, 1.165) is 17.0 Å². The lowest BCUT2D eigenvalue weighted by atomic mass is 9.91.